The van der Waals surface area contributed by atoms with Gasteiger partial charge in [-0.2, -0.15) is 0 Å². The van der Waals surface area contributed by atoms with Crippen molar-refractivity contribution in [1.29, 1.82) is 0 Å². The van der Waals surface area contributed by atoms with Crippen molar-refractivity contribution in [2.75, 3.05) is 17.7 Å². The van der Waals surface area contributed by atoms with Crippen LogP contribution in [0.15, 0.2) is 18.2 Å². The van der Waals surface area contributed by atoms with Crippen LogP contribution in [0.5, 0.6) is 0 Å². The van der Waals surface area contributed by atoms with Crippen LogP contribution in [0, 0.1) is 6.92 Å². The Morgan fingerprint density at radius 3 is 2.90 bits per heavy atom. The van der Waals surface area contributed by atoms with Crippen LogP contribution in [0.3, 0.4) is 0 Å². The van der Waals surface area contributed by atoms with Crippen LogP contribution in [0.1, 0.15) is 32.9 Å². The first-order valence-corrected chi connectivity index (χ1v) is 7.57. The molecule has 0 saturated heterocycles. The lowest BCUT2D eigenvalue weighted by atomic mass is 10.1. The average molecular weight is 287 g/mol. The van der Waals surface area contributed by atoms with Crippen LogP contribution in [0.4, 0.5) is 10.8 Å². The highest BCUT2D eigenvalue weighted by Gasteiger charge is 2.18. The molecule has 104 valence electrons. The monoisotopic (exact) mass is 287 g/mol. The molecule has 1 aromatic heterocycles. The summed E-state index contributed by atoms with van der Waals surface area (Å²) in [6.45, 7) is 1.99. The molecule has 2 aromatic rings. The van der Waals surface area contributed by atoms with Gasteiger partial charge in [-0.15, -0.1) is 11.3 Å². The zero-order valence-electron chi connectivity index (χ0n) is 11.6. The number of fused-ring (bicyclic) bond motifs is 1. The van der Waals surface area contributed by atoms with Crippen molar-refractivity contribution in [2.45, 2.75) is 26.2 Å². The van der Waals surface area contributed by atoms with Crippen LogP contribution < -0.4 is 10.6 Å². The number of aryl methyl sites for hydroxylation is 3. The molecular formula is C15H17N3OS. The van der Waals surface area contributed by atoms with Gasteiger partial charge in [0.25, 0.3) is 5.91 Å². The van der Waals surface area contributed by atoms with Crippen LogP contribution in [-0.4, -0.2) is 17.9 Å². The summed E-state index contributed by atoms with van der Waals surface area (Å²) in [6.07, 6.45) is 3.32. The van der Waals surface area contributed by atoms with E-state index in [4.69, 9.17) is 0 Å². The highest BCUT2D eigenvalue weighted by molar-refractivity contribution is 7.15. The van der Waals surface area contributed by atoms with Crippen LogP contribution in [-0.2, 0) is 12.8 Å². The van der Waals surface area contributed by atoms with Gasteiger partial charge in [0.2, 0.25) is 0 Å². The predicted octanol–water partition coefficient (Wildman–Crippen LogP) is 3.23. The minimum atomic E-state index is -0.0943. The van der Waals surface area contributed by atoms with Crippen molar-refractivity contribution in [2.24, 2.45) is 0 Å². The van der Waals surface area contributed by atoms with Crippen molar-refractivity contribution in [1.82, 2.24) is 4.98 Å². The van der Waals surface area contributed by atoms with E-state index in [-0.39, 0.29) is 5.91 Å². The summed E-state index contributed by atoms with van der Waals surface area (Å²) in [5, 5.41) is 6.71. The number of amides is 1. The second kappa shape index (κ2) is 5.25. The lowest BCUT2D eigenvalue weighted by molar-refractivity contribution is 0.102. The van der Waals surface area contributed by atoms with E-state index >= 15 is 0 Å². The number of benzene rings is 1. The molecule has 3 rings (SSSR count). The summed E-state index contributed by atoms with van der Waals surface area (Å²) in [7, 11) is 1.87. The number of thiazole rings is 1. The Morgan fingerprint density at radius 1 is 1.35 bits per heavy atom. The molecular weight excluding hydrogens is 270 g/mol. The Morgan fingerprint density at radius 2 is 2.20 bits per heavy atom. The lowest BCUT2D eigenvalue weighted by Gasteiger charge is -2.07. The largest absolute Gasteiger partial charge is 0.388 e. The van der Waals surface area contributed by atoms with E-state index in [9.17, 15) is 4.79 Å². The minimum absolute atomic E-state index is 0.0943. The van der Waals surface area contributed by atoms with Crippen molar-refractivity contribution >= 4 is 28.1 Å². The van der Waals surface area contributed by atoms with E-state index in [0.29, 0.717) is 5.56 Å². The summed E-state index contributed by atoms with van der Waals surface area (Å²) < 4.78 is 0. The molecule has 0 aliphatic heterocycles. The molecule has 20 heavy (non-hydrogen) atoms. The SMILES string of the molecule is CNc1ccc(C(=O)Nc2nc3c(s2)CCC3)cc1C. The third-order valence-corrected chi connectivity index (χ3v) is 4.65. The fourth-order valence-electron chi connectivity index (χ4n) is 2.50. The highest BCUT2D eigenvalue weighted by atomic mass is 32.1. The van der Waals surface area contributed by atoms with Gasteiger partial charge in [-0.05, 0) is 49.9 Å². The number of hydrogen-bond acceptors (Lipinski definition) is 4. The average Bonchev–Trinajstić information content (AvgIpc) is 2.99. The van der Waals surface area contributed by atoms with Crippen molar-refractivity contribution in [3.05, 3.63) is 39.9 Å². The fourth-order valence-corrected chi connectivity index (χ4v) is 3.54. The van der Waals surface area contributed by atoms with Gasteiger partial charge in [-0.25, -0.2) is 4.98 Å². The molecule has 1 aliphatic rings. The minimum Gasteiger partial charge on any atom is -0.388 e. The molecule has 0 saturated carbocycles. The standard InChI is InChI=1S/C15H17N3OS/c1-9-8-10(6-7-11(9)16-2)14(19)18-15-17-12-4-3-5-13(12)20-15/h6-8,16H,3-5H2,1-2H3,(H,17,18,19). The van der Waals surface area contributed by atoms with Crippen LogP contribution in [0.2, 0.25) is 0 Å². The summed E-state index contributed by atoms with van der Waals surface area (Å²) in [4.78, 5) is 18.0. The van der Waals surface area contributed by atoms with Crippen molar-refractivity contribution < 1.29 is 4.79 Å². The Kier molecular flexibility index (Phi) is 3.44. The third kappa shape index (κ3) is 2.41. The quantitative estimate of drug-likeness (QED) is 0.911. The highest BCUT2D eigenvalue weighted by Crippen LogP contribution is 2.30. The van der Waals surface area contributed by atoms with Gasteiger partial charge in [0.15, 0.2) is 5.13 Å². The maximum Gasteiger partial charge on any atom is 0.257 e. The van der Waals surface area contributed by atoms with Gasteiger partial charge in [-0.1, -0.05) is 0 Å². The second-order valence-corrected chi connectivity index (χ2v) is 6.06. The maximum absolute atomic E-state index is 12.2. The smallest absolute Gasteiger partial charge is 0.257 e. The molecule has 1 heterocycles. The summed E-state index contributed by atoms with van der Waals surface area (Å²) >= 11 is 1.60. The molecule has 0 radical (unpaired) electrons. The summed E-state index contributed by atoms with van der Waals surface area (Å²) in [5.74, 6) is -0.0943. The Balaban J connectivity index is 1.77. The van der Waals surface area contributed by atoms with Gasteiger partial charge >= 0.3 is 0 Å². The van der Waals surface area contributed by atoms with Gasteiger partial charge in [-0.3, -0.25) is 10.1 Å². The molecule has 1 aliphatic carbocycles. The van der Waals surface area contributed by atoms with Gasteiger partial charge < -0.3 is 5.32 Å². The second-order valence-electron chi connectivity index (χ2n) is 4.98. The number of nitrogens with zero attached hydrogens (tertiary/aromatic N) is 1. The molecule has 2 N–H and O–H groups in total. The number of nitrogens with one attached hydrogen (secondary N) is 2. The lowest BCUT2D eigenvalue weighted by Crippen LogP contribution is -2.12. The number of anilines is 2. The van der Waals surface area contributed by atoms with Crippen molar-refractivity contribution in [3.63, 3.8) is 0 Å². The van der Waals surface area contributed by atoms with E-state index in [0.717, 1.165) is 34.9 Å². The maximum atomic E-state index is 12.2. The number of hydrogen-bond donors (Lipinski definition) is 2. The van der Waals surface area contributed by atoms with Gasteiger partial charge in [0, 0.05) is 23.2 Å². The fraction of sp³-hybridized carbons (Fsp3) is 0.333. The summed E-state index contributed by atoms with van der Waals surface area (Å²) in [6, 6.07) is 5.64. The zero-order valence-corrected chi connectivity index (χ0v) is 12.4. The molecule has 1 aromatic carbocycles. The van der Waals surface area contributed by atoms with E-state index in [2.05, 4.69) is 15.6 Å². The third-order valence-electron chi connectivity index (χ3n) is 3.57. The van der Waals surface area contributed by atoms with Crippen molar-refractivity contribution in [3.8, 4) is 0 Å². The molecule has 5 heteroatoms. The first-order chi connectivity index (χ1) is 9.67. The van der Waals surface area contributed by atoms with E-state index in [1.54, 1.807) is 11.3 Å². The molecule has 0 bridgehead atoms. The van der Waals surface area contributed by atoms with E-state index in [1.165, 1.54) is 11.3 Å². The summed E-state index contributed by atoms with van der Waals surface area (Å²) in [5.41, 5.74) is 3.92. The normalized spacial score (nSPS) is 13.1. The Labute approximate surface area is 122 Å². The zero-order chi connectivity index (χ0) is 14.1. The van der Waals surface area contributed by atoms with Gasteiger partial charge in [0.05, 0.1) is 5.69 Å². The number of rotatable bonds is 3. The van der Waals surface area contributed by atoms with Gasteiger partial charge in [0.1, 0.15) is 0 Å². The molecule has 4 nitrogen and oxygen atoms in total. The predicted molar refractivity (Wildman–Crippen MR) is 82.8 cm³/mol. The molecule has 0 unspecified atom stereocenters. The Hall–Kier alpha value is -1.88. The molecule has 0 fully saturated rings. The van der Waals surface area contributed by atoms with Crippen LogP contribution >= 0.6 is 11.3 Å². The topological polar surface area (TPSA) is 54.0 Å². The number of aromatic nitrogens is 1. The van der Waals surface area contributed by atoms with E-state index < -0.39 is 0 Å². The number of carbonyl (C=O) groups is 1. The number of carbonyl (C=O) groups excluding carboxylic acids is 1. The first-order valence-electron chi connectivity index (χ1n) is 6.75. The van der Waals surface area contributed by atoms with E-state index in [1.807, 2.05) is 32.2 Å². The Bertz CT molecular complexity index is 642. The molecule has 0 spiro atoms. The molecule has 0 atom stereocenters. The first kappa shape index (κ1) is 13.1. The molecule has 1 amide bonds. The van der Waals surface area contributed by atoms with Crippen LogP contribution in [0.25, 0.3) is 0 Å².